The molecule has 2 atom stereocenters. The molecular weight excluding hydrogens is 450 g/mol. The van der Waals surface area contributed by atoms with Crippen LogP contribution >= 0.6 is 11.6 Å². The van der Waals surface area contributed by atoms with Gasteiger partial charge in [-0.2, -0.15) is 0 Å². The lowest BCUT2D eigenvalue weighted by atomic mass is 9.91. The summed E-state index contributed by atoms with van der Waals surface area (Å²) in [6.07, 6.45) is 0. The normalized spacial score (nSPS) is 12.2. The number of halogens is 1. The molecule has 1 amide bonds. The first-order valence-corrected chi connectivity index (χ1v) is 10.1. The molecule has 9 heteroatoms. The molecule has 3 aromatic rings. The van der Waals surface area contributed by atoms with E-state index in [-0.39, 0.29) is 17.2 Å². The lowest BCUT2D eigenvalue weighted by Crippen LogP contribution is -2.46. The van der Waals surface area contributed by atoms with Crippen LogP contribution < -0.4 is 14.8 Å². The quantitative estimate of drug-likeness (QED) is 0.294. The summed E-state index contributed by atoms with van der Waals surface area (Å²) in [5, 5.41) is 12.6. The van der Waals surface area contributed by atoms with Crippen LogP contribution in [0.15, 0.2) is 84.9 Å². The standard InChI is InChI=1S/C24H18ClNO7/c25-15-11-13-16(14-12-15)26-21(27)19(23(30)32-17-7-3-1-4-8-17)20(22(28)29)24(31)33-18-9-5-2-6-10-18/h1-14,19-20H,(H,26,27)(H,28,29). The first kappa shape index (κ1) is 23.5. The van der Waals surface area contributed by atoms with Crippen LogP contribution in [0.1, 0.15) is 0 Å². The van der Waals surface area contributed by atoms with Crippen LogP contribution in [-0.4, -0.2) is 28.9 Å². The summed E-state index contributed by atoms with van der Waals surface area (Å²) in [6, 6.07) is 21.3. The second-order valence-electron chi connectivity index (χ2n) is 6.76. The molecule has 2 unspecified atom stereocenters. The number of hydrogen-bond donors (Lipinski definition) is 2. The van der Waals surface area contributed by atoms with Gasteiger partial charge in [0.25, 0.3) is 0 Å². The van der Waals surface area contributed by atoms with Crippen molar-refractivity contribution in [2.24, 2.45) is 11.8 Å². The Balaban J connectivity index is 1.92. The fourth-order valence-corrected chi connectivity index (χ4v) is 2.99. The number of benzene rings is 3. The Hall–Kier alpha value is -4.17. The summed E-state index contributed by atoms with van der Waals surface area (Å²) < 4.78 is 10.3. The van der Waals surface area contributed by atoms with E-state index in [1.165, 1.54) is 48.5 Å². The average molecular weight is 468 g/mol. The number of carboxylic acid groups (broad SMARTS) is 1. The third kappa shape index (κ3) is 6.41. The van der Waals surface area contributed by atoms with E-state index in [9.17, 15) is 24.3 Å². The van der Waals surface area contributed by atoms with Gasteiger partial charge in [0.05, 0.1) is 0 Å². The summed E-state index contributed by atoms with van der Waals surface area (Å²) in [5.41, 5.74) is 0.238. The predicted octanol–water partition coefficient (Wildman–Crippen LogP) is 3.81. The summed E-state index contributed by atoms with van der Waals surface area (Å²) in [7, 11) is 0. The van der Waals surface area contributed by atoms with Crippen molar-refractivity contribution in [2.75, 3.05) is 5.32 Å². The highest BCUT2D eigenvalue weighted by molar-refractivity contribution is 6.30. The molecule has 8 nitrogen and oxygen atoms in total. The zero-order chi connectivity index (χ0) is 23.8. The van der Waals surface area contributed by atoms with Gasteiger partial charge >= 0.3 is 17.9 Å². The lowest BCUT2D eigenvalue weighted by molar-refractivity contribution is -0.164. The van der Waals surface area contributed by atoms with Crippen molar-refractivity contribution in [2.45, 2.75) is 0 Å². The molecule has 33 heavy (non-hydrogen) atoms. The number of para-hydroxylation sites is 2. The topological polar surface area (TPSA) is 119 Å². The number of ether oxygens (including phenoxy) is 2. The average Bonchev–Trinajstić information content (AvgIpc) is 2.79. The van der Waals surface area contributed by atoms with Gasteiger partial charge in [0.2, 0.25) is 5.91 Å². The number of esters is 2. The largest absolute Gasteiger partial charge is 0.481 e. The maximum atomic E-state index is 13.0. The molecule has 3 aromatic carbocycles. The number of rotatable bonds is 8. The van der Waals surface area contributed by atoms with Crippen molar-refractivity contribution in [3.63, 3.8) is 0 Å². The maximum absolute atomic E-state index is 13.0. The Morgan fingerprint density at radius 3 is 1.61 bits per heavy atom. The molecule has 168 valence electrons. The van der Waals surface area contributed by atoms with Gasteiger partial charge in [-0.1, -0.05) is 48.0 Å². The van der Waals surface area contributed by atoms with E-state index in [1.54, 1.807) is 36.4 Å². The SMILES string of the molecule is O=C(O)C(C(=O)Oc1ccccc1)C(C(=O)Nc1ccc(Cl)cc1)C(=O)Oc1ccccc1. The number of amides is 1. The molecule has 0 radical (unpaired) electrons. The zero-order valence-corrected chi connectivity index (χ0v) is 17.8. The van der Waals surface area contributed by atoms with Crippen LogP contribution in [0.2, 0.25) is 5.02 Å². The van der Waals surface area contributed by atoms with Crippen molar-refractivity contribution in [3.8, 4) is 11.5 Å². The fraction of sp³-hybridized carbons (Fsp3) is 0.0833. The second-order valence-corrected chi connectivity index (χ2v) is 7.19. The Morgan fingerprint density at radius 2 is 1.15 bits per heavy atom. The van der Waals surface area contributed by atoms with Crippen molar-refractivity contribution >= 4 is 41.1 Å². The molecule has 2 N–H and O–H groups in total. The van der Waals surface area contributed by atoms with E-state index in [2.05, 4.69) is 5.32 Å². The molecule has 0 aromatic heterocycles. The predicted molar refractivity (Wildman–Crippen MR) is 119 cm³/mol. The van der Waals surface area contributed by atoms with Crippen LogP contribution in [0.4, 0.5) is 5.69 Å². The van der Waals surface area contributed by atoms with E-state index in [4.69, 9.17) is 21.1 Å². The van der Waals surface area contributed by atoms with Crippen molar-refractivity contribution < 1.29 is 33.8 Å². The second kappa shape index (κ2) is 10.9. The molecule has 0 fully saturated rings. The number of anilines is 1. The minimum Gasteiger partial charge on any atom is -0.481 e. The molecule has 3 rings (SSSR count). The van der Waals surface area contributed by atoms with E-state index in [1.807, 2.05) is 0 Å². The summed E-state index contributed by atoms with van der Waals surface area (Å²) >= 11 is 5.84. The smallest absolute Gasteiger partial charge is 0.327 e. The Labute approximate surface area is 193 Å². The van der Waals surface area contributed by atoms with Gasteiger partial charge < -0.3 is 19.9 Å². The highest BCUT2D eigenvalue weighted by atomic mass is 35.5. The first-order chi connectivity index (χ1) is 15.8. The van der Waals surface area contributed by atoms with Gasteiger partial charge in [-0.15, -0.1) is 0 Å². The summed E-state index contributed by atoms with van der Waals surface area (Å²) in [6.45, 7) is 0. The minimum atomic E-state index is -2.17. The number of hydrogen-bond acceptors (Lipinski definition) is 6. The Bertz CT molecular complexity index is 1130. The molecular formula is C24H18ClNO7. The molecule has 0 aliphatic rings. The Morgan fingerprint density at radius 1 is 0.697 bits per heavy atom. The van der Waals surface area contributed by atoms with Crippen LogP contribution in [0.3, 0.4) is 0 Å². The number of aliphatic carboxylic acids is 1. The highest BCUT2D eigenvalue weighted by Crippen LogP contribution is 2.23. The van der Waals surface area contributed by atoms with Crippen molar-refractivity contribution in [1.29, 1.82) is 0 Å². The van der Waals surface area contributed by atoms with Crippen LogP contribution in [0.5, 0.6) is 11.5 Å². The minimum absolute atomic E-state index is 0.0574. The van der Waals surface area contributed by atoms with Crippen LogP contribution in [-0.2, 0) is 19.2 Å². The van der Waals surface area contributed by atoms with E-state index in [0.29, 0.717) is 5.02 Å². The first-order valence-electron chi connectivity index (χ1n) is 9.68. The van der Waals surface area contributed by atoms with Gasteiger partial charge in [-0.05, 0) is 48.5 Å². The van der Waals surface area contributed by atoms with Gasteiger partial charge in [0, 0.05) is 10.7 Å². The van der Waals surface area contributed by atoms with Gasteiger partial charge in [0.1, 0.15) is 11.5 Å². The van der Waals surface area contributed by atoms with Crippen molar-refractivity contribution in [3.05, 3.63) is 90.0 Å². The van der Waals surface area contributed by atoms with Crippen molar-refractivity contribution in [1.82, 2.24) is 0 Å². The number of carbonyl (C=O) groups excluding carboxylic acids is 3. The number of carboxylic acids is 1. The fourth-order valence-electron chi connectivity index (χ4n) is 2.86. The maximum Gasteiger partial charge on any atom is 0.327 e. The van der Waals surface area contributed by atoms with E-state index < -0.39 is 35.7 Å². The monoisotopic (exact) mass is 467 g/mol. The molecule has 0 spiro atoms. The third-order valence-corrected chi connectivity index (χ3v) is 4.68. The Kier molecular flexibility index (Phi) is 7.77. The van der Waals surface area contributed by atoms with E-state index >= 15 is 0 Å². The molecule has 0 heterocycles. The van der Waals surface area contributed by atoms with Crippen LogP contribution in [0, 0.1) is 11.8 Å². The number of nitrogens with one attached hydrogen (secondary N) is 1. The van der Waals surface area contributed by atoms with Gasteiger partial charge in [-0.25, -0.2) is 0 Å². The molecule has 0 aliphatic carbocycles. The molecule has 0 saturated carbocycles. The third-order valence-electron chi connectivity index (χ3n) is 4.42. The number of carbonyl (C=O) groups is 4. The van der Waals surface area contributed by atoms with Gasteiger partial charge in [-0.3, -0.25) is 19.2 Å². The zero-order valence-electron chi connectivity index (χ0n) is 17.0. The molecule has 0 aliphatic heterocycles. The van der Waals surface area contributed by atoms with E-state index in [0.717, 1.165) is 0 Å². The molecule has 0 saturated heterocycles. The van der Waals surface area contributed by atoms with Crippen LogP contribution in [0.25, 0.3) is 0 Å². The van der Waals surface area contributed by atoms with Gasteiger partial charge in [0.15, 0.2) is 11.8 Å². The lowest BCUT2D eigenvalue weighted by Gasteiger charge is -2.21. The summed E-state index contributed by atoms with van der Waals surface area (Å²) in [4.78, 5) is 50.7. The molecule has 0 bridgehead atoms. The highest BCUT2D eigenvalue weighted by Gasteiger charge is 2.47. The summed E-state index contributed by atoms with van der Waals surface area (Å²) in [5.74, 6) is -9.40.